The molecule has 0 aliphatic heterocycles. The third kappa shape index (κ3) is 2.71. The number of fused-ring (bicyclic) bond motifs is 1. The van der Waals surface area contributed by atoms with Gasteiger partial charge in [-0.05, 0) is 18.6 Å². The lowest BCUT2D eigenvalue weighted by atomic mass is 10.2. The van der Waals surface area contributed by atoms with Gasteiger partial charge in [-0.3, -0.25) is 0 Å². The van der Waals surface area contributed by atoms with Crippen molar-refractivity contribution in [3.8, 4) is 0 Å². The Morgan fingerprint density at radius 2 is 1.95 bits per heavy atom. The molecule has 0 aliphatic rings. The Morgan fingerprint density at radius 1 is 1.05 bits per heavy atom. The van der Waals surface area contributed by atoms with Gasteiger partial charge in [0.2, 0.25) is 0 Å². The fraction of sp³-hybridized carbons (Fsp3) is 0.400. The summed E-state index contributed by atoms with van der Waals surface area (Å²) in [6, 6.07) is 4.02. The molecule has 5 nitrogen and oxygen atoms in total. The second-order valence-corrected chi connectivity index (χ2v) is 4.98. The maximum Gasteiger partial charge on any atom is 0.153 e. The molecule has 0 bridgehead atoms. The van der Waals surface area contributed by atoms with Crippen LogP contribution in [0.15, 0.2) is 36.9 Å². The average Bonchev–Trinajstić information content (AvgIpc) is 3.08. The van der Waals surface area contributed by atoms with Crippen LogP contribution in [0.4, 0.5) is 0 Å². The molecular formula is C15H19N5. The molecule has 0 unspecified atom stereocenters. The first-order valence-electron chi connectivity index (χ1n) is 7.16. The van der Waals surface area contributed by atoms with Crippen molar-refractivity contribution >= 4 is 5.65 Å². The smallest absolute Gasteiger partial charge is 0.153 e. The van der Waals surface area contributed by atoms with E-state index in [1.807, 2.05) is 35.2 Å². The maximum absolute atomic E-state index is 4.55. The number of nitrogens with zero attached hydrogens (tertiary/aromatic N) is 5. The molecule has 3 aromatic rings. The molecule has 0 aromatic carbocycles. The fourth-order valence-corrected chi connectivity index (χ4v) is 2.36. The quantitative estimate of drug-likeness (QED) is 0.646. The molecule has 0 aliphatic carbocycles. The molecule has 0 saturated carbocycles. The normalized spacial score (nSPS) is 11.2. The topological polar surface area (TPSA) is 48.0 Å². The summed E-state index contributed by atoms with van der Waals surface area (Å²) in [5.41, 5.74) is 1.90. The predicted octanol–water partition coefficient (Wildman–Crippen LogP) is 2.71. The lowest BCUT2D eigenvalue weighted by molar-refractivity contribution is 0.641. The Balaban J connectivity index is 1.75. The predicted molar refractivity (Wildman–Crippen MR) is 77.5 cm³/mol. The van der Waals surface area contributed by atoms with Gasteiger partial charge in [-0.2, -0.15) is 5.10 Å². The summed E-state index contributed by atoms with van der Waals surface area (Å²) in [5.74, 6) is 1.14. The molecule has 104 valence electrons. The fourth-order valence-electron chi connectivity index (χ4n) is 2.36. The lowest BCUT2D eigenvalue weighted by Crippen LogP contribution is -2.07. The highest BCUT2D eigenvalue weighted by atomic mass is 15.3. The van der Waals surface area contributed by atoms with Crippen LogP contribution in [0.2, 0.25) is 0 Å². The highest BCUT2D eigenvalue weighted by Crippen LogP contribution is 2.08. The Bertz CT molecular complexity index is 682. The first kappa shape index (κ1) is 12.8. The van der Waals surface area contributed by atoms with Crippen LogP contribution in [0.25, 0.3) is 5.65 Å². The molecule has 3 heterocycles. The Morgan fingerprint density at radius 3 is 2.85 bits per heavy atom. The number of rotatable bonds is 6. The second-order valence-electron chi connectivity index (χ2n) is 4.98. The van der Waals surface area contributed by atoms with Crippen LogP contribution < -0.4 is 0 Å². The summed E-state index contributed by atoms with van der Waals surface area (Å²) in [5, 5.41) is 4.55. The van der Waals surface area contributed by atoms with Gasteiger partial charge in [0.05, 0.1) is 12.2 Å². The highest BCUT2D eigenvalue weighted by Gasteiger charge is 2.05. The van der Waals surface area contributed by atoms with E-state index in [1.165, 1.54) is 19.3 Å². The highest BCUT2D eigenvalue weighted by molar-refractivity contribution is 5.36. The molecule has 3 rings (SSSR count). The Labute approximate surface area is 118 Å². The summed E-state index contributed by atoms with van der Waals surface area (Å²) in [6.07, 6.45) is 12.3. The van der Waals surface area contributed by atoms with Crippen molar-refractivity contribution < 1.29 is 0 Å². The van der Waals surface area contributed by atoms with E-state index >= 15 is 0 Å². The van der Waals surface area contributed by atoms with Crippen molar-refractivity contribution in [2.24, 2.45) is 0 Å². The molecule has 3 aromatic heterocycles. The summed E-state index contributed by atoms with van der Waals surface area (Å²) in [7, 11) is 0. The molecule has 0 N–H and O–H groups in total. The van der Waals surface area contributed by atoms with E-state index in [2.05, 4.69) is 26.6 Å². The van der Waals surface area contributed by atoms with Gasteiger partial charge in [0.25, 0.3) is 0 Å². The van der Waals surface area contributed by atoms with Crippen molar-refractivity contribution in [2.75, 3.05) is 0 Å². The van der Waals surface area contributed by atoms with Crippen molar-refractivity contribution in [3.63, 3.8) is 0 Å². The molecule has 0 atom stereocenters. The third-order valence-electron chi connectivity index (χ3n) is 3.45. The minimum Gasteiger partial charge on any atom is -0.329 e. The van der Waals surface area contributed by atoms with Crippen LogP contribution in [0.1, 0.15) is 37.7 Å². The summed E-state index contributed by atoms with van der Waals surface area (Å²) >= 11 is 0. The number of unbranched alkanes of at least 4 members (excludes halogenated alkanes) is 2. The molecule has 5 heteroatoms. The van der Waals surface area contributed by atoms with Gasteiger partial charge in [-0.25, -0.2) is 14.5 Å². The van der Waals surface area contributed by atoms with Crippen molar-refractivity contribution in [1.82, 2.24) is 24.1 Å². The van der Waals surface area contributed by atoms with Crippen LogP contribution in [-0.2, 0) is 13.0 Å². The zero-order valence-electron chi connectivity index (χ0n) is 11.7. The van der Waals surface area contributed by atoms with E-state index in [4.69, 9.17) is 0 Å². The molecular weight excluding hydrogens is 250 g/mol. The van der Waals surface area contributed by atoms with Gasteiger partial charge < -0.3 is 4.57 Å². The maximum atomic E-state index is 4.55. The average molecular weight is 269 g/mol. The molecule has 20 heavy (non-hydrogen) atoms. The summed E-state index contributed by atoms with van der Waals surface area (Å²) < 4.78 is 3.99. The molecule has 0 radical (unpaired) electrons. The Kier molecular flexibility index (Phi) is 3.76. The van der Waals surface area contributed by atoms with Crippen molar-refractivity contribution in [2.45, 2.75) is 39.2 Å². The van der Waals surface area contributed by atoms with E-state index in [0.717, 1.165) is 30.1 Å². The SMILES string of the molecule is CCCCCc1nccn1Cc1ccc2nccn2n1. The van der Waals surface area contributed by atoms with Crippen LogP contribution in [0, 0.1) is 0 Å². The molecule has 0 amide bonds. The first-order valence-corrected chi connectivity index (χ1v) is 7.16. The zero-order chi connectivity index (χ0) is 13.8. The van der Waals surface area contributed by atoms with E-state index in [1.54, 1.807) is 6.20 Å². The molecule has 0 saturated heterocycles. The largest absolute Gasteiger partial charge is 0.329 e. The van der Waals surface area contributed by atoms with Gasteiger partial charge in [0, 0.05) is 31.2 Å². The number of aryl methyl sites for hydroxylation is 1. The summed E-state index contributed by atoms with van der Waals surface area (Å²) in [4.78, 5) is 8.66. The first-order chi connectivity index (χ1) is 9.86. The number of hydrogen-bond acceptors (Lipinski definition) is 3. The number of aromatic nitrogens is 5. The molecule has 0 spiro atoms. The van der Waals surface area contributed by atoms with Gasteiger partial charge >= 0.3 is 0 Å². The van der Waals surface area contributed by atoms with Gasteiger partial charge in [0.15, 0.2) is 5.65 Å². The zero-order valence-corrected chi connectivity index (χ0v) is 11.7. The third-order valence-corrected chi connectivity index (χ3v) is 3.45. The minimum atomic E-state index is 0.760. The molecule has 0 fully saturated rings. The van der Waals surface area contributed by atoms with Crippen LogP contribution in [0.5, 0.6) is 0 Å². The second kappa shape index (κ2) is 5.86. The van der Waals surface area contributed by atoms with Gasteiger partial charge in [0.1, 0.15) is 5.82 Å². The van der Waals surface area contributed by atoms with E-state index in [9.17, 15) is 0 Å². The minimum absolute atomic E-state index is 0.760. The van der Waals surface area contributed by atoms with Crippen molar-refractivity contribution in [1.29, 1.82) is 0 Å². The standard InChI is InChI=1S/C15H19N5/c1-2-3-4-5-14-16-8-10-19(14)12-13-6-7-15-17-9-11-20(15)18-13/h6-11H,2-5,12H2,1H3. The number of hydrogen-bond donors (Lipinski definition) is 0. The van der Waals surface area contributed by atoms with E-state index in [-0.39, 0.29) is 0 Å². The van der Waals surface area contributed by atoms with Crippen LogP contribution >= 0.6 is 0 Å². The van der Waals surface area contributed by atoms with Gasteiger partial charge in [-0.1, -0.05) is 19.8 Å². The van der Waals surface area contributed by atoms with Crippen LogP contribution in [0.3, 0.4) is 0 Å². The lowest BCUT2D eigenvalue weighted by Gasteiger charge is -2.07. The number of imidazole rings is 2. The van der Waals surface area contributed by atoms with Gasteiger partial charge in [-0.15, -0.1) is 0 Å². The van der Waals surface area contributed by atoms with E-state index in [0.29, 0.717) is 0 Å². The Hall–Kier alpha value is -2.17. The van der Waals surface area contributed by atoms with Crippen LogP contribution in [-0.4, -0.2) is 24.1 Å². The van der Waals surface area contributed by atoms with E-state index < -0.39 is 0 Å². The monoisotopic (exact) mass is 269 g/mol. The summed E-state index contributed by atoms with van der Waals surface area (Å²) in [6.45, 7) is 2.98. The van der Waals surface area contributed by atoms with Crippen molar-refractivity contribution in [3.05, 3.63) is 48.4 Å².